The van der Waals surface area contributed by atoms with Crippen molar-refractivity contribution in [2.45, 2.75) is 20.3 Å². The van der Waals surface area contributed by atoms with E-state index in [9.17, 15) is 4.79 Å². The monoisotopic (exact) mass is 309 g/mol. The third kappa shape index (κ3) is 3.15. The lowest BCUT2D eigenvalue weighted by molar-refractivity contribution is -0.115. The van der Waals surface area contributed by atoms with Crippen molar-refractivity contribution in [3.05, 3.63) is 53.5 Å². The van der Waals surface area contributed by atoms with E-state index in [4.69, 9.17) is 0 Å². The highest BCUT2D eigenvalue weighted by molar-refractivity contribution is 5.93. The van der Waals surface area contributed by atoms with Crippen LogP contribution in [0.4, 0.5) is 5.69 Å². The minimum Gasteiger partial charge on any atom is -0.326 e. The van der Waals surface area contributed by atoms with E-state index in [1.165, 1.54) is 0 Å². The molecule has 2 aromatic heterocycles. The summed E-state index contributed by atoms with van der Waals surface area (Å²) in [5.41, 5.74) is 5.56. The highest BCUT2D eigenvalue weighted by Crippen LogP contribution is 2.21. The minimum atomic E-state index is -0.0500. The third-order valence-electron chi connectivity index (χ3n) is 3.95. The number of nitrogens with zero attached hydrogens (tertiary/aromatic N) is 3. The Bertz CT molecular complexity index is 833. The van der Waals surface area contributed by atoms with E-state index in [1.54, 1.807) is 10.9 Å². The van der Waals surface area contributed by atoms with Crippen molar-refractivity contribution in [3.63, 3.8) is 0 Å². The first-order valence-electron chi connectivity index (χ1n) is 7.43. The number of carbonyl (C=O) groups is 1. The van der Waals surface area contributed by atoms with E-state index in [0.29, 0.717) is 6.42 Å². The van der Waals surface area contributed by atoms with Crippen LogP contribution in [0.5, 0.6) is 0 Å². The molecule has 0 atom stereocenters. The molecule has 2 heterocycles. The highest BCUT2D eigenvalue weighted by atomic mass is 16.1. The number of anilines is 1. The van der Waals surface area contributed by atoms with Gasteiger partial charge in [-0.15, -0.1) is 0 Å². The molecule has 0 fully saturated rings. The Labute approximate surface area is 134 Å². The molecule has 0 aliphatic heterocycles. The SMILES string of the molecule is Cc1nn(C)c(C)c1CC(=O)Nc1cccc(-c2ccn[nH]2)c1. The van der Waals surface area contributed by atoms with Gasteiger partial charge in [-0.1, -0.05) is 12.1 Å². The minimum absolute atomic E-state index is 0.0500. The fraction of sp³-hybridized carbons (Fsp3) is 0.235. The van der Waals surface area contributed by atoms with Crippen LogP contribution in [-0.4, -0.2) is 25.9 Å². The first-order valence-corrected chi connectivity index (χ1v) is 7.43. The van der Waals surface area contributed by atoms with Crippen LogP contribution in [0, 0.1) is 13.8 Å². The molecule has 0 aliphatic carbocycles. The van der Waals surface area contributed by atoms with Gasteiger partial charge in [-0.25, -0.2) is 0 Å². The molecule has 0 saturated carbocycles. The fourth-order valence-electron chi connectivity index (χ4n) is 2.62. The summed E-state index contributed by atoms with van der Waals surface area (Å²) in [6, 6.07) is 9.57. The molecule has 3 rings (SSSR count). The van der Waals surface area contributed by atoms with Crippen molar-refractivity contribution in [1.82, 2.24) is 20.0 Å². The van der Waals surface area contributed by atoms with Gasteiger partial charge in [0.25, 0.3) is 0 Å². The predicted octanol–water partition coefficient (Wildman–Crippen LogP) is 2.61. The second kappa shape index (κ2) is 6.08. The van der Waals surface area contributed by atoms with Crippen molar-refractivity contribution >= 4 is 11.6 Å². The number of benzene rings is 1. The van der Waals surface area contributed by atoms with E-state index in [0.717, 1.165) is 33.9 Å². The fourth-order valence-corrected chi connectivity index (χ4v) is 2.62. The molecule has 0 bridgehead atoms. The number of aromatic amines is 1. The van der Waals surface area contributed by atoms with Gasteiger partial charge in [-0.2, -0.15) is 10.2 Å². The van der Waals surface area contributed by atoms with E-state index in [2.05, 4.69) is 20.6 Å². The molecular weight excluding hydrogens is 290 g/mol. The molecule has 1 aromatic carbocycles. The highest BCUT2D eigenvalue weighted by Gasteiger charge is 2.13. The van der Waals surface area contributed by atoms with Gasteiger partial charge < -0.3 is 5.32 Å². The zero-order valence-electron chi connectivity index (χ0n) is 13.4. The Morgan fingerprint density at radius 3 is 2.78 bits per heavy atom. The first kappa shape index (κ1) is 15.0. The van der Waals surface area contributed by atoms with Gasteiger partial charge in [0.15, 0.2) is 0 Å². The topological polar surface area (TPSA) is 75.6 Å². The number of amides is 1. The van der Waals surface area contributed by atoms with Crippen LogP contribution >= 0.6 is 0 Å². The molecule has 0 radical (unpaired) electrons. The maximum Gasteiger partial charge on any atom is 0.228 e. The molecule has 6 heteroatoms. The van der Waals surface area contributed by atoms with Crippen molar-refractivity contribution in [1.29, 1.82) is 0 Å². The second-order valence-corrected chi connectivity index (χ2v) is 5.55. The van der Waals surface area contributed by atoms with Crippen molar-refractivity contribution in [3.8, 4) is 11.3 Å². The van der Waals surface area contributed by atoms with Gasteiger partial charge in [0.05, 0.1) is 17.8 Å². The molecule has 6 nitrogen and oxygen atoms in total. The summed E-state index contributed by atoms with van der Waals surface area (Å²) in [7, 11) is 1.89. The summed E-state index contributed by atoms with van der Waals surface area (Å²) in [6.45, 7) is 3.90. The summed E-state index contributed by atoms with van der Waals surface area (Å²) in [4.78, 5) is 12.3. The maximum absolute atomic E-state index is 12.3. The largest absolute Gasteiger partial charge is 0.326 e. The van der Waals surface area contributed by atoms with E-state index >= 15 is 0 Å². The molecule has 2 N–H and O–H groups in total. The summed E-state index contributed by atoms with van der Waals surface area (Å²) < 4.78 is 1.80. The summed E-state index contributed by atoms with van der Waals surface area (Å²) in [5.74, 6) is -0.0500. The molecule has 23 heavy (non-hydrogen) atoms. The van der Waals surface area contributed by atoms with Crippen LogP contribution < -0.4 is 5.32 Å². The van der Waals surface area contributed by atoms with E-state index in [-0.39, 0.29) is 5.91 Å². The molecule has 0 aliphatic rings. The Hall–Kier alpha value is -2.89. The lowest BCUT2D eigenvalue weighted by Crippen LogP contribution is -2.15. The standard InChI is InChI=1S/C17H19N5O/c1-11-15(12(2)22(3)21-11)10-17(23)19-14-6-4-5-13(9-14)16-7-8-18-20-16/h4-9H,10H2,1-3H3,(H,18,20)(H,19,23). The van der Waals surface area contributed by atoms with Gasteiger partial charge in [0.1, 0.15) is 0 Å². The lowest BCUT2D eigenvalue weighted by atomic mass is 10.1. The van der Waals surface area contributed by atoms with Gasteiger partial charge in [0.2, 0.25) is 5.91 Å². The smallest absolute Gasteiger partial charge is 0.228 e. The van der Waals surface area contributed by atoms with Gasteiger partial charge in [0, 0.05) is 35.8 Å². The Balaban J connectivity index is 1.74. The third-order valence-corrected chi connectivity index (χ3v) is 3.95. The number of nitrogens with one attached hydrogen (secondary N) is 2. The zero-order chi connectivity index (χ0) is 16.4. The number of aromatic nitrogens is 4. The Morgan fingerprint density at radius 1 is 1.30 bits per heavy atom. The molecule has 1 amide bonds. The number of rotatable bonds is 4. The number of hydrogen-bond acceptors (Lipinski definition) is 3. The number of carbonyl (C=O) groups excluding carboxylic acids is 1. The number of aryl methyl sites for hydroxylation is 2. The van der Waals surface area contributed by atoms with Crippen LogP contribution in [0.1, 0.15) is 17.0 Å². The Kier molecular flexibility index (Phi) is 3.97. The predicted molar refractivity (Wildman–Crippen MR) is 89.0 cm³/mol. The van der Waals surface area contributed by atoms with Crippen LogP contribution in [0.2, 0.25) is 0 Å². The second-order valence-electron chi connectivity index (χ2n) is 5.55. The average Bonchev–Trinajstić information content (AvgIpc) is 3.13. The first-order chi connectivity index (χ1) is 11.0. The Morgan fingerprint density at radius 2 is 2.13 bits per heavy atom. The van der Waals surface area contributed by atoms with E-state index in [1.807, 2.05) is 51.2 Å². The lowest BCUT2D eigenvalue weighted by Gasteiger charge is -2.07. The zero-order valence-corrected chi connectivity index (χ0v) is 13.4. The average molecular weight is 309 g/mol. The van der Waals surface area contributed by atoms with Crippen molar-refractivity contribution < 1.29 is 4.79 Å². The quantitative estimate of drug-likeness (QED) is 0.778. The van der Waals surface area contributed by atoms with Gasteiger partial charge in [-0.05, 0) is 32.0 Å². The van der Waals surface area contributed by atoms with Crippen molar-refractivity contribution in [2.75, 3.05) is 5.32 Å². The van der Waals surface area contributed by atoms with E-state index < -0.39 is 0 Å². The van der Waals surface area contributed by atoms with Gasteiger partial charge in [-0.3, -0.25) is 14.6 Å². The molecule has 0 saturated heterocycles. The maximum atomic E-state index is 12.3. The molecule has 118 valence electrons. The number of H-pyrrole nitrogens is 1. The summed E-state index contributed by atoms with van der Waals surface area (Å²) >= 11 is 0. The van der Waals surface area contributed by atoms with Crippen LogP contribution in [-0.2, 0) is 18.3 Å². The van der Waals surface area contributed by atoms with Crippen molar-refractivity contribution in [2.24, 2.45) is 7.05 Å². The number of hydrogen-bond donors (Lipinski definition) is 2. The van der Waals surface area contributed by atoms with Crippen LogP contribution in [0.25, 0.3) is 11.3 Å². The molecule has 3 aromatic rings. The van der Waals surface area contributed by atoms with Crippen LogP contribution in [0.3, 0.4) is 0 Å². The molecule has 0 unspecified atom stereocenters. The summed E-state index contributed by atoms with van der Waals surface area (Å²) in [6.07, 6.45) is 2.02. The molecule has 0 spiro atoms. The normalized spacial score (nSPS) is 10.7. The van der Waals surface area contributed by atoms with Gasteiger partial charge >= 0.3 is 0 Å². The molecular formula is C17H19N5O. The summed E-state index contributed by atoms with van der Waals surface area (Å²) in [5, 5.41) is 14.2. The van der Waals surface area contributed by atoms with Crippen LogP contribution in [0.15, 0.2) is 36.5 Å².